The number of hydrogen-bond acceptors (Lipinski definition) is 10. The zero-order valence-electron chi connectivity index (χ0n) is 23.5. The molecule has 2 aromatic heterocycles. The molecule has 0 aliphatic rings. The van der Waals surface area contributed by atoms with Gasteiger partial charge in [-0.2, -0.15) is 0 Å². The van der Waals surface area contributed by atoms with Crippen LogP contribution < -0.4 is 15.9 Å². The molecule has 0 spiro atoms. The van der Waals surface area contributed by atoms with Crippen molar-refractivity contribution in [3.63, 3.8) is 0 Å². The Morgan fingerprint density at radius 2 is 1.89 bits per heavy atom. The summed E-state index contributed by atoms with van der Waals surface area (Å²) in [4.78, 5) is 24.9. The minimum atomic E-state index is -3.63. The molecule has 0 saturated carbocycles. The number of imidazole rings is 1. The predicted octanol–water partition coefficient (Wildman–Crippen LogP) is 2.79. The van der Waals surface area contributed by atoms with Gasteiger partial charge in [0.25, 0.3) is 0 Å². The minimum absolute atomic E-state index is 0.275. The smallest absolute Gasteiger partial charge is 0.323 e. The zero-order valence-corrected chi connectivity index (χ0v) is 24.4. The fraction of sp³-hybridized carbons (Fsp3) is 0.750. The molecule has 0 bridgehead atoms. The lowest BCUT2D eigenvalue weighted by atomic mass is 10.1. The summed E-state index contributed by atoms with van der Waals surface area (Å²) in [5.74, 6) is -0.272. The van der Waals surface area contributed by atoms with Gasteiger partial charge in [-0.3, -0.25) is 9.36 Å². The highest BCUT2D eigenvalue weighted by atomic mass is 31.2. The highest BCUT2D eigenvalue weighted by Gasteiger charge is 2.39. The maximum atomic E-state index is 14.1. The average Bonchev–Trinajstić information content (AvgIpc) is 3.23. The van der Waals surface area contributed by atoms with E-state index in [0.29, 0.717) is 24.3 Å². The van der Waals surface area contributed by atoms with Crippen LogP contribution in [0.2, 0.25) is 0 Å². The van der Waals surface area contributed by atoms with E-state index < -0.39 is 37.4 Å². The van der Waals surface area contributed by atoms with Crippen molar-refractivity contribution in [2.24, 2.45) is 0 Å². The number of carbonyl (C=O) groups excluding carboxylic acids is 1. The van der Waals surface area contributed by atoms with Gasteiger partial charge in [0.15, 0.2) is 17.8 Å². The molecule has 0 aliphatic carbocycles. The molecule has 1 unspecified atom stereocenters. The van der Waals surface area contributed by atoms with Gasteiger partial charge in [-0.15, -0.1) is 0 Å². The summed E-state index contributed by atoms with van der Waals surface area (Å²) in [6, 6.07) is -0.898. The zero-order chi connectivity index (χ0) is 28.5. The van der Waals surface area contributed by atoms with Gasteiger partial charge in [0.05, 0.1) is 30.6 Å². The van der Waals surface area contributed by atoms with Crippen LogP contribution in [0.15, 0.2) is 12.7 Å². The van der Waals surface area contributed by atoms with E-state index in [0.717, 1.165) is 19.3 Å². The predicted molar refractivity (Wildman–Crippen MR) is 145 cm³/mol. The van der Waals surface area contributed by atoms with E-state index in [4.69, 9.17) is 19.9 Å². The molecule has 0 saturated heterocycles. The fourth-order valence-electron chi connectivity index (χ4n) is 3.67. The standard InChI is InChI=1S/C24H44N7O6P/c1-8-9-10-11-35-23(33)24(6,7)30-38(34,29-18(5)22(32)37-16(2)3)15-36-17(4)12-31-14-28-19-20(25)26-13-27-21(19)31/h13-14,16-18,23,33H,8-12,15H2,1-7H3,(H2,25,26,27)(H2,29,30,34)/t17-,18-,23?,38+/m1/s1. The molecule has 4 atom stereocenters. The van der Waals surface area contributed by atoms with Crippen molar-refractivity contribution in [1.29, 1.82) is 0 Å². The Balaban J connectivity index is 2.13. The van der Waals surface area contributed by atoms with E-state index in [1.165, 1.54) is 6.33 Å². The second-order valence-corrected chi connectivity index (χ2v) is 12.5. The molecule has 2 heterocycles. The highest BCUT2D eigenvalue weighted by molar-refractivity contribution is 7.59. The van der Waals surface area contributed by atoms with E-state index in [1.54, 1.807) is 45.5 Å². The number of nitrogens with zero attached hydrogens (tertiary/aromatic N) is 4. The second-order valence-electron chi connectivity index (χ2n) is 10.3. The number of anilines is 1. The number of unbranched alkanes of at least 4 members (excludes halogenated alkanes) is 2. The third kappa shape index (κ3) is 9.55. The first kappa shape index (κ1) is 32.1. The molecular weight excluding hydrogens is 513 g/mol. The summed E-state index contributed by atoms with van der Waals surface area (Å²) < 4.78 is 32.7. The Hall–Kier alpha value is -2.15. The van der Waals surface area contributed by atoms with E-state index in [1.807, 2.05) is 6.92 Å². The number of esters is 1. The highest BCUT2D eigenvalue weighted by Crippen LogP contribution is 2.41. The summed E-state index contributed by atoms with van der Waals surface area (Å²) in [5.41, 5.74) is 5.78. The Morgan fingerprint density at radius 1 is 1.18 bits per heavy atom. The molecule has 0 amide bonds. The lowest BCUT2D eigenvalue weighted by molar-refractivity contribution is -0.149. The number of nitrogens with two attached hydrogens (primary N) is 1. The van der Waals surface area contributed by atoms with Gasteiger partial charge < -0.3 is 29.6 Å². The third-order valence-corrected chi connectivity index (χ3v) is 7.90. The summed E-state index contributed by atoms with van der Waals surface area (Å²) in [6.07, 6.45) is 3.49. The van der Waals surface area contributed by atoms with E-state index >= 15 is 0 Å². The summed E-state index contributed by atoms with van der Waals surface area (Å²) in [5, 5.41) is 16.5. The molecule has 38 heavy (non-hydrogen) atoms. The molecule has 0 radical (unpaired) electrons. The van der Waals surface area contributed by atoms with Crippen molar-refractivity contribution < 1.29 is 28.7 Å². The maximum Gasteiger partial charge on any atom is 0.323 e. The number of rotatable bonds is 17. The van der Waals surface area contributed by atoms with Gasteiger partial charge in [0, 0.05) is 6.61 Å². The SMILES string of the molecule is CCCCCOC(O)C(C)(C)N[P@](=O)(CO[C@H](C)Cn1cnc2c(N)ncnc21)N[C@H](C)C(=O)OC(C)C. The average molecular weight is 558 g/mol. The molecule has 13 nitrogen and oxygen atoms in total. The van der Waals surface area contributed by atoms with Gasteiger partial charge in [-0.25, -0.2) is 25.1 Å². The van der Waals surface area contributed by atoms with E-state index in [2.05, 4.69) is 32.1 Å². The molecule has 216 valence electrons. The van der Waals surface area contributed by atoms with Gasteiger partial charge in [0.2, 0.25) is 7.44 Å². The number of nitrogen functional groups attached to an aromatic ring is 1. The van der Waals surface area contributed by atoms with Crippen molar-refractivity contribution in [1.82, 2.24) is 29.7 Å². The number of aromatic nitrogens is 4. The van der Waals surface area contributed by atoms with Gasteiger partial charge in [0.1, 0.15) is 24.2 Å². The lowest BCUT2D eigenvalue weighted by Gasteiger charge is -2.36. The number of aliphatic hydroxyl groups excluding tert-OH is 1. The normalized spacial score (nSPS) is 16.3. The number of nitrogens with one attached hydrogen (secondary N) is 2. The van der Waals surface area contributed by atoms with Crippen LogP contribution >= 0.6 is 7.44 Å². The first-order valence-electron chi connectivity index (χ1n) is 13.0. The monoisotopic (exact) mass is 557 g/mol. The molecule has 0 aliphatic heterocycles. The van der Waals surface area contributed by atoms with Gasteiger partial charge in [-0.1, -0.05) is 19.8 Å². The quantitative estimate of drug-likeness (QED) is 0.0970. The number of carbonyl (C=O) groups is 1. The Kier molecular flexibility index (Phi) is 12.1. The Morgan fingerprint density at radius 3 is 2.55 bits per heavy atom. The Bertz CT molecular complexity index is 1080. The van der Waals surface area contributed by atoms with Crippen LogP contribution in [0.5, 0.6) is 0 Å². The van der Waals surface area contributed by atoms with Gasteiger partial charge in [-0.05, 0) is 48.0 Å². The summed E-state index contributed by atoms with van der Waals surface area (Å²) in [7, 11) is -3.63. The Labute approximate surface area is 224 Å². The third-order valence-electron chi connectivity index (χ3n) is 5.64. The van der Waals surface area contributed by atoms with E-state index in [-0.39, 0.29) is 18.3 Å². The maximum absolute atomic E-state index is 14.1. The number of fused-ring (bicyclic) bond motifs is 1. The van der Waals surface area contributed by atoms with Crippen LogP contribution in [-0.2, 0) is 30.1 Å². The number of aliphatic hydroxyl groups is 1. The fourth-order valence-corrected chi connectivity index (χ4v) is 6.11. The molecule has 0 fully saturated rings. The molecule has 2 rings (SSSR count). The first-order valence-corrected chi connectivity index (χ1v) is 14.9. The van der Waals surface area contributed by atoms with Crippen LogP contribution in [0.1, 0.15) is 67.7 Å². The van der Waals surface area contributed by atoms with Crippen molar-refractivity contribution >= 4 is 30.4 Å². The van der Waals surface area contributed by atoms with Crippen LogP contribution in [-0.4, -0.2) is 73.6 Å². The van der Waals surface area contributed by atoms with Crippen molar-refractivity contribution in [2.45, 2.75) is 104 Å². The molecule has 14 heteroatoms. The molecule has 2 aromatic rings. The molecule has 5 N–H and O–H groups in total. The van der Waals surface area contributed by atoms with Crippen molar-refractivity contribution in [3.05, 3.63) is 12.7 Å². The van der Waals surface area contributed by atoms with Crippen LogP contribution in [0.4, 0.5) is 5.82 Å². The van der Waals surface area contributed by atoms with Crippen LogP contribution in [0.25, 0.3) is 11.2 Å². The van der Waals surface area contributed by atoms with Gasteiger partial charge >= 0.3 is 5.97 Å². The lowest BCUT2D eigenvalue weighted by Crippen LogP contribution is -2.52. The van der Waals surface area contributed by atoms with E-state index in [9.17, 15) is 14.5 Å². The first-order chi connectivity index (χ1) is 17.8. The topological polar surface area (TPSA) is 176 Å². The van der Waals surface area contributed by atoms with Crippen LogP contribution in [0.3, 0.4) is 0 Å². The molecular formula is C24H44N7O6P. The number of ether oxygens (including phenoxy) is 3. The van der Waals surface area contributed by atoms with Crippen LogP contribution in [0, 0.1) is 0 Å². The van der Waals surface area contributed by atoms with Crippen molar-refractivity contribution in [3.8, 4) is 0 Å². The summed E-state index contributed by atoms with van der Waals surface area (Å²) >= 11 is 0. The molecule has 0 aromatic carbocycles. The summed E-state index contributed by atoms with van der Waals surface area (Å²) in [6.45, 7) is 13.0. The van der Waals surface area contributed by atoms with Crippen molar-refractivity contribution in [2.75, 3.05) is 18.7 Å². The largest absolute Gasteiger partial charge is 0.462 e. The minimum Gasteiger partial charge on any atom is -0.462 e. The number of hydrogen-bond donors (Lipinski definition) is 4. The second kappa shape index (κ2) is 14.3.